The Labute approximate surface area is 186 Å². The molecule has 1 saturated heterocycles. The van der Waals surface area contributed by atoms with E-state index in [1.807, 2.05) is 0 Å². The van der Waals surface area contributed by atoms with Crippen molar-refractivity contribution in [1.82, 2.24) is 5.48 Å². The Kier molecular flexibility index (Phi) is 7.50. The van der Waals surface area contributed by atoms with Gasteiger partial charge in [-0.15, -0.1) is 0 Å². The molecule has 2 aromatic rings. The van der Waals surface area contributed by atoms with Crippen molar-refractivity contribution in [2.24, 2.45) is 0 Å². The minimum atomic E-state index is -4.02. The van der Waals surface area contributed by atoms with E-state index < -0.39 is 26.6 Å². The highest BCUT2D eigenvalue weighted by Gasteiger charge is 2.55. The Morgan fingerprint density at radius 3 is 2.62 bits per heavy atom. The van der Waals surface area contributed by atoms with Crippen LogP contribution in [0.15, 0.2) is 47.4 Å². The first-order chi connectivity index (χ1) is 15.2. The molecule has 2 N–H and O–H groups in total. The second kappa shape index (κ2) is 9.95. The molecule has 0 radical (unpaired) electrons. The molecule has 2 aromatic carbocycles. The van der Waals surface area contributed by atoms with E-state index in [0.29, 0.717) is 5.75 Å². The van der Waals surface area contributed by atoms with E-state index in [2.05, 4.69) is 0 Å². The molecule has 10 heteroatoms. The van der Waals surface area contributed by atoms with Gasteiger partial charge in [0.2, 0.25) is 0 Å². The third-order valence-corrected chi connectivity index (χ3v) is 7.77. The van der Waals surface area contributed by atoms with Crippen molar-refractivity contribution in [3.8, 4) is 5.75 Å². The van der Waals surface area contributed by atoms with Gasteiger partial charge in [0.1, 0.15) is 23.4 Å². The van der Waals surface area contributed by atoms with Crippen LogP contribution in [0.25, 0.3) is 0 Å². The summed E-state index contributed by atoms with van der Waals surface area (Å²) in [5.74, 6) is -0.863. The summed E-state index contributed by atoms with van der Waals surface area (Å²) in [7, 11) is -4.02. The lowest BCUT2D eigenvalue weighted by Gasteiger charge is -2.40. The summed E-state index contributed by atoms with van der Waals surface area (Å²) < 4.78 is 56.6. The van der Waals surface area contributed by atoms with Crippen molar-refractivity contribution in [1.29, 1.82) is 0 Å². The van der Waals surface area contributed by atoms with Crippen LogP contribution in [-0.4, -0.2) is 50.2 Å². The normalized spacial score (nSPS) is 21.2. The van der Waals surface area contributed by atoms with E-state index >= 15 is 0 Å². The van der Waals surface area contributed by atoms with Crippen LogP contribution in [0, 0.1) is 12.7 Å². The van der Waals surface area contributed by atoms with Crippen molar-refractivity contribution in [2.45, 2.75) is 42.6 Å². The third-order valence-electron chi connectivity index (χ3n) is 5.47. The SMILES string of the molecule is CCOC1(C(=O)NO)COCCC1S(=O)(=O)c1ccc(OCc2ccc(F)cc2C)cc1. The van der Waals surface area contributed by atoms with Gasteiger partial charge in [-0.3, -0.25) is 10.0 Å². The number of hydrogen-bond donors (Lipinski definition) is 2. The maximum atomic E-state index is 13.4. The molecule has 1 heterocycles. The molecule has 0 bridgehead atoms. The molecule has 2 unspecified atom stereocenters. The van der Waals surface area contributed by atoms with Crippen molar-refractivity contribution in [3.63, 3.8) is 0 Å². The van der Waals surface area contributed by atoms with Crippen LogP contribution >= 0.6 is 0 Å². The third kappa shape index (κ3) is 4.78. The highest BCUT2D eigenvalue weighted by molar-refractivity contribution is 7.92. The van der Waals surface area contributed by atoms with Crippen molar-refractivity contribution in [3.05, 3.63) is 59.4 Å². The molecular formula is C22H26FNO7S. The average Bonchev–Trinajstić information content (AvgIpc) is 2.78. The van der Waals surface area contributed by atoms with Gasteiger partial charge < -0.3 is 14.2 Å². The topological polar surface area (TPSA) is 111 Å². The maximum Gasteiger partial charge on any atom is 0.279 e. The number of hydrogen-bond acceptors (Lipinski definition) is 7. The summed E-state index contributed by atoms with van der Waals surface area (Å²) >= 11 is 0. The summed E-state index contributed by atoms with van der Waals surface area (Å²) in [6.07, 6.45) is 0.0256. The molecule has 0 aliphatic carbocycles. The lowest BCUT2D eigenvalue weighted by molar-refractivity contribution is -0.172. The number of amides is 1. The lowest BCUT2D eigenvalue weighted by Crippen LogP contribution is -2.63. The first-order valence-electron chi connectivity index (χ1n) is 10.1. The van der Waals surface area contributed by atoms with Gasteiger partial charge in [0.25, 0.3) is 5.91 Å². The number of ether oxygens (including phenoxy) is 3. The van der Waals surface area contributed by atoms with Gasteiger partial charge in [-0.05, 0) is 67.8 Å². The average molecular weight is 468 g/mol. The van der Waals surface area contributed by atoms with Crippen molar-refractivity contribution < 1.29 is 37.0 Å². The van der Waals surface area contributed by atoms with E-state index in [0.717, 1.165) is 11.1 Å². The number of sulfone groups is 1. The van der Waals surface area contributed by atoms with E-state index in [1.54, 1.807) is 19.9 Å². The molecule has 32 heavy (non-hydrogen) atoms. The molecule has 3 rings (SSSR count). The molecule has 0 spiro atoms. The molecule has 1 aliphatic rings. The van der Waals surface area contributed by atoms with E-state index in [4.69, 9.17) is 14.2 Å². The Hall–Kier alpha value is -2.53. The maximum absolute atomic E-state index is 13.4. The number of halogens is 1. The van der Waals surface area contributed by atoms with E-state index in [-0.39, 0.29) is 43.6 Å². The number of benzene rings is 2. The smallest absolute Gasteiger partial charge is 0.279 e. The van der Waals surface area contributed by atoms with E-state index in [9.17, 15) is 22.8 Å². The molecule has 1 amide bonds. The van der Waals surface area contributed by atoms with Crippen LogP contribution in [-0.2, 0) is 30.7 Å². The summed E-state index contributed by atoms with van der Waals surface area (Å²) in [4.78, 5) is 12.4. The number of rotatable bonds is 8. The standard InChI is InChI=1S/C22H26FNO7S/c1-3-31-22(21(25)24-26)14-29-11-10-20(22)32(27,28)19-8-6-18(7-9-19)30-13-16-4-5-17(23)12-15(16)2/h4-9,12,20,26H,3,10-11,13-14H2,1-2H3,(H,24,25). The molecule has 2 atom stereocenters. The number of nitrogens with one attached hydrogen (secondary N) is 1. The fourth-order valence-electron chi connectivity index (χ4n) is 3.78. The summed E-state index contributed by atoms with van der Waals surface area (Å²) in [5.41, 5.74) is 1.20. The minimum absolute atomic E-state index is 0.00969. The first-order valence-corrected chi connectivity index (χ1v) is 11.7. The predicted octanol–water partition coefficient (Wildman–Crippen LogP) is 2.56. The summed E-state index contributed by atoms with van der Waals surface area (Å²) in [5, 5.41) is 7.94. The molecule has 0 aromatic heterocycles. The van der Waals surface area contributed by atoms with Gasteiger partial charge in [0.05, 0.1) is 11.5 Å². The van der Waals surface area contributed by atoms with Gasteiger partial charge in [-0.2, -0.15) is 0 Å². The van der Waals surface area contributed by atoms with Gasteiger partial charge in [-0.1, -0.05) is 6.07 Å². The van der Waals surface area contributed by atoms with Gasteiger partial charge in [0, 0.05) is 13.2 Å². The van der Waals surface area contributed by atoms with Crippen LogP contribution in [0.1, 0.15) is 24.5 Å². The van der Waals surface area contributed by atoms with E-state index in [1.165, 1.54) is 41.9 Å². The fraction of sp³-hybridized carbons (Fsp3) is 0.409. The van der Waals surface area contributed by atoms with Crippen LogP contribution in [0.2, 0.25) is 0 Å². The molecule has 1 fully saturated rings. The van der Waals surface area contributed by atoms with Crippen LogP contribution < -0.4 is 10.2 Å². The van der Waals surface area contributed by atoms with Gasteiger partial charge in [0.15, 0.2) is 15.4 Å². The highest BCUT2D eigenvalue weighted by atomic mass is 32.2. The van der Waals surface area contributed by atoms with Crippen LogP contribution in [0.4, 0.5) is 4.39 Å². The van der Waals surface area contributed by atoms with Crippen LogP contribution in [0.3, 0.4) is 0 Å². The van der Waals surface area contributed by atoms with Crippen LogP contribution in [0.5, 0.6) is 5.75 Å². The summed E-state index contributed by atoms with van der Waals surface area (Å²) in [6.45, 7) is 3.49. The lowest BCUT2D eigenvalue weighted by atomic mass is 9.94. The Balaban J connectivity index is 1.82. The molecule has 1 aliphatic heterocycles. The first kappa shape index (κ1) is 24.1. The quantitative estimate of drug-likeness (QED) is 0.453. The van der Waals surface area contributed by atoms with Gasteiger partial charge >= 0.3 is 0 Å². The minimum Gasteiger partial charge on any atom is -0.489 e. The molecule has 0 saturated carbocycles. The monoisotopic (exact) mass is 467 g/mol. The van der Waals surface area contributed by atoms with Crippen molar-refractivity contribution in [2.75, 3.05) is 19.8 Å². The second-order valence-corrected chi connectivity index (χ2v) is 9.60. The Morgan fingerprint density at radius 1 is 1.28 bits per heavy atom. The highest BCUT2D eigenvalue weighted by Crippen LogP contribution is 2.34. The zero-order valence-electron chi connectivity index (χ0n) is 17.8. The number of carbonyl (C=O) groups is 1. The Morgan fingerprint density at radius 2 is 2.00 bits per heavy atom. The summed E-state index contributed by atoms with van der Waals surface area (Å²) in [6, 6.07) is 10.2. The molecular weight excluding hydrogens is 441 g/mol. The second-order valence-electron chi connectivity index (χ2n) is 7.47. The largest absolute Gasteiger partial charge is 0.489 e. The molecule has 174 valence electrons. The zero-order valence-corrected chi connectivity index (χ0v) is 18.7. The molecule has 8 nitrogen and oxygen atoms in total. The number of hydroxylamine groups is 1. The fourth-order valence-corrected chi connectivity index (χ4v) is 5.78. The number of carbonyl (C=O) groups excluding carboxylic acids is 1. The Bertz CT molecular complexity index is 1050. The van der Waals surface area contributed by atoms with Gasteiger partial charge in [-0.25, -0.2) is 18.3 Å². The predicted molar refractivity (Wildman–Crippen MR) is 113 cm³/mol. The zero-order chi connectivity index (χ0) is 23.4. The van der Waals surface area contributed by atoms with Crippen molar-refractivity contribution >= 4 is 15.7 Å². The number of aryl methyl sites for hydroxylation is 1.